The highest BCUT2D eigenvalue weighted by Crippen LogP contribution is 2.19. The predicted molar refractivity (Wildman–Crippen MR) is 84.3 cm³/mol. The van der Waals surface area contributed by atoms with Crippen molar-refractivity contribution in [2.75, 3.05) is 19.5 Å². The number of methoxy groups -OCH3 is 2. The molecule has 0 radical (unpaired) electrons. The summed E-state index contributed by atoms with van der Waals surface area (Å²) in [6.45, 7) is 4.13. The van der Waals surface area contributed by atoms with Crippen LogP contribution in [0.5, 0.6) is 11.5 Å². The number of nitrogens with one attached hydrogen (secondary N) is 1. The smallest absolute Gasteiger partial charge is 0.290 e. The summed E-state index contributed by atoms with van der Waals surface area (Å²) in [7, 11) is 3.16. The van der Waals surface area contributed by atoms with Crippen molar-refractivity contribution in [2.45, 2.75) is 20.4 Å². The van der Waals surface area contributed by atoms with E-state index in [1.807, 2.05) is 32.0 Å². The molecule has 22 heavy (non-hydrogen) atoms. The van der Waals surface area contributed by atoms with Crippen molar-refractivity contribution in [2.24, 2.45) is 0 Å². The number of carbonyl (C=O) groups excluding carboxylic acids is 1. The second-order valence-corrected chi connectivity index (χ2v) is 5.10. The molecule has 0 fully saturated rings. The first-order chi connectivity index (χ1) is 10.5. The Morgan fingerprint density at radius 2 is 1.64 bits per heavy atom. The third kappa shape index (κ3) is 3.75. The number of rotatable bonds is 5. The molecule has 2 aromatic rings. The number of amides is 1. The molecule has 1 N–H and O–H groups in total. The van der Waals surface area contributed by atoms with Crippen LogP contribution in [0.25, 0.3) is 0 Å². The zero-order valence-corrected chi connectivity index (χ0v) is 13.3. The number of hydrogen-bond acceptors (Lipinski definition) is 3. The van der Waals surface area contributed by atoms with E-state index in [0.29, 0.717) is 11.5 Å². The fraction of sp³-hybridized carbons (Fsp3) is 0.294. The van der Waals surface area contributed by atoms with Gasteiger partial charge in [-0.15, -0.1) is 0 Å². The van der Waals surface area contributed by atoms with Crippen LogP contribution in [0.2, 0.25) is 0 Å². The van der Waals surface area contributed by atoms with Gasteiger partial charge in [0.05, 0.1) is 14.2 Å². The van der Waals surface area contributed by atoms with Gasteiger partial charge in [0, 0.05) is 11.8 Å². The second kappa shape index (κ2) is 6.93. The third-order valence-corrected chi connectivity index (χ3v) is 3.41. The van der Waals surface area contributed by atoms with Gasteiger partial charge in [-0.2, -0.15) is 4.57 Å². The first kappa shape index (κ1) is 15.8. The number of pyridine rings is 1. The topological polar surface area (TPSA) is 51.4 Å². The molecule has 1 aromatic carbocycles. The lowest BCUT2D eigenvalue weighted by atomic mass is 10.1. The van der Waals surface area contributed by atoms with Crippen molar-refractivity contribution in [1.82, 2.24) is 0 Å². The number of aryl methyl sites for hydroxylation is 2. The molecule has 2 rings (SSSR count). The summed E-state index contributed by atoms with van der Waals surface area (Å²) in [5, 5.41) is 2.96. The minimum atomic E-state index is -0.0993. The van der Waals surface area contributed by atoms with Gasteiger partial charge in [-0.1, -0.05) is 18.2 Å². The van der Waals surface area contributed by atoms with E-state index in [1.165, 1.54) is 0 Å². The summed E-state index contributed by atoms with van der Waals surface area (Å²) < 4.78 is 12.1. The number of nitrogens with zero attached hydrogens (tertiary/aromatic N) is 1. The van der Waals surface area contributed by atoms with Crippen LogP contribution in [-0.2, 0) is 11.3 Å². The Labute approximate surface area is 130 Å². The van der Waals surface area contributed by atoms with Gasteiger partial charge in [0.2, 0.25) is 18.9 Å². The van der Waals surface area contributed by atoms with E-state index in [9.17, 15) is 4.79 Å². The van der Waals surface area contributed by atoms with Crippen molar-refractivity contribution in [3.63, 3.8) is 0 Å². The van der Waals surface area contributed by atoms with Crippen LogP contribution >= 0.6 is 0 Å². The van der Waals surface area contributed by atoms with E-state index in [4.69, 9.17) is 9.47 Å². The number of hydrogen-bond donors (Lipinski definition) is 1. The van der Waals surface area contributed by atoms with Gasteiger partial charge in [0.25, 0.3) is 5.91 Å². The monoisotopic (exact) mass is 301 g/mol. The second-order valence-electron chi connectivity index (χ2n) is 5.10. The first-order valence-electron chi connectivity index (χ1n) is 7.01. The van der Waals surface area contributed by atoms with Crippen molar-refractivity contribution in [3.05, 3.63) is 47.8 Å². The Morgan fingerprint density at radius 1 is 1.09 bits per heavy atom. The van der Waals surface area contributed by atoms with Crippen LogP contribution in [0.1, 0.15) is 11.1 Å². The quantitative estimate of drug-likeness (QED) is 0.862. The molecule has 0 saturated heterocycles. The summed E-state index contributed by atoms with van der Waals surface area (Å²) in [5.74, 6) is 1.18. The van der Waals surface area contributed by atoms with E-state index in [0.717, 1.165) is 16.8 Å². The van der Waals surface area contributed by atoms with E-state index in [1.54, 1.807) is 37.2 Å². The van der Waals surface area contributed by atoms with Gasteiger partial charge < -0.3 is 14.8 Å². The Kier molecular flexibility index (Phi) is 4.99. The number of aromatic nitrogens is 1. The lowest BCUT2D eigenvalue weighted by Crippen LogP contribution is -2.40. The van der Waals surface area contributed by atoms with Gasteiger partial charge in [-0.25, -0.2) is 0 Å². The molecule has 5 nitrogen and oxygen atoms in total. The zero-order chi connectivity index (χ0) is 16.1. The van der Waals surface area contributed by atoms with Gasteiger partial charge in [0.15, 0.2) is 11.5 Å². The normalized spacial score (nSPS) is 10.2. The number of para-hydroxylation sites is 1. The summed E-state index contributed by atoms with van der Waals surface area (Å²) in [5.41, 5.74) is 2.95. The van der Waals surface area contributed by atoms with Crippen molar-refractivity contribution < 1.29 is 18.8 Å². The number of anilines is 1. The van der Waals surface area contributed by atoms with Gasteiger partial charge in [-0.3, -0.25) is 4.79 Å². The van der Waals surface area contributed by atoms with Crippen molar-refractivity contribution in [3.8, 4) is 11.5 Å². The molecule has 116 valence electrons. The largest absolute Gasteiger partial charge is 0.491 e. The van der Waals surface area contributed by atoms with E-state index in [2.05, 4.69) is 5.32 Å². The van der Waals surface area contributed by atoms with Gasteiger partial charge >= 0.3 is 0 Å². The molecule has 1 heterocycles. The maximum absolute atomic E-state index is 12.3. The summed E-state index contributed by atoms with van der Waals surface area (Å²) in [6.07, 6.45) is 3.51. The maximum Gasteiger partial charge on any atom is 0.290 e. The predicted octanol–water partition coefficient (Wildman–Crippen LogP) is 2.25. The number of ether oxygens (including phenoxy) is 2. The molecule has 1 amide bonds. The summed E-state index contributed by atoms with van der Waals surface area (Å²) in [4.78, 5) is 12.3. The van der Waals surface area contributed by atoms with Crippen LogP contribution in [0, 0.1) is 13.8 Å². The molecule has 5 heteroatoms. The summed E-state index contributed by atoms with van der Waals surface area (Å²) in [6, 6.07) is 7.69. The number of benzene rings is 1. The Bertz CT molecular complexity index is 641. The average molecular weight is 301 g/mol. The molecule has 0 saturated carbocycles. The Hall–Kier alpha value is -2.56. The third-order valence-electron chi connectivity index (χ3n) is 3.41. The van der Waals surface area contributed by atoms with Crippen LogP contribution in [0.3, 0.4) is 0 Å². The molecule has 1 aromatic heterocycles. The van der Waals surface area contributed by atoms with Crippen LogP contribution in [0.15, 0.2) is 36.7 Å². The van der Waals surface area contributed by atoms with Crippen molar-refractivity contribution >= 4 is 11.6 Å². The molecular formula is C17H21N2O3+. The SMILES string of the molecule is COc1cc(OC)c[n+](CC(=O)Nc2c(C)cccc2C)c1. The van der Waals surface area contributed by atoms with Gasteiger partial charge in [-0.05, 0) is 25.0 Å². The van der Waals surface area contributed by atoms with Crippen LogP contribution in [0.4, 0.5) is 5.69 Å². The lowest BCUT2D eigenvalue weighted by Gasteiger charge is -2.10. The minimum Gasteiger partial charge on any atom is -0.491 e. The highest BCUT2D eigenvalue weighted by molar-refractivity contribution is 5.91. The Balaban J connectivity index is 2.15. The molecule has 0 aliphatic carbocycles. The van der Waals surface area contributed by atoms with E-state index >= 15 is 0 Å². The minimum absolute atomic E-state index is 0.0993. The first-order valence-corrected chi connectivity index (χ1v) is 7.01. The molecule has 0 bridgehead atoms. The lowest BCUT2D eigenvalue weighted by molar-refractivity contribution is -0.684. The van der Waals surface area contributed by atoms with Crippen molar-refractivity contribution in [1.29, 1.82) is 0 Å². The molecular weight excluding hydrogens is 280 g/mol. The summed E-state index contributed by atoms with van der Waals surface area (Å²) >= 11 is 0. The standard InChI is InChI=1S/C17H20N2O3/c1-12-6-5-7-13(2)17(12)18-16(20)11-19-9-14(21-3)8-15(10-19)22-4/h5-10H,11H2,1-4H3/p+1. The highest BCUT2D eigenvalue weighted by Gasteiger charge is 2.15. The van der Waals surface area contributed by atoms with E-state index in [-0.39, 0.29) is 12.5 Å². The maximum atomic E-state index is 12.3. The van der Waals surface area contributed by atoms with Crippen LogP contribution < -0.4 is 19.4 Å². The Morgan fingerprint density at radius 3 is 2.14 bits per heavy atom. The zero-order valence-electron chi connectivity index (χ0n) is 13.3. The molecule has 0 unspecified atom stereocenters. The molecule has 0 aliphatic rings. The molecule has 0 spiro atoms. The molecule has 0 aliphatic heterocycles. The molecule has 0 atom stereocenters. The van der Waals surface area contributed by atoms with E-state index < -0.39 is 0 Å². The van der Waals surface area contributed by atoms with Gasteiger partial charge in [0.1, 0.15) is 0 Å². The fourth-order valence-electron chi connectivity index (χ4n) is 2.25. The van der Waals surface area contributed by atoms with Crippen LogP contribution in [-0.4, -0.2) is 20.1 Å². The highest BCUT2D eigenvalue weighted by atomic mass is 16.5. The number of carbonyl (C=O) groups is 1. The fourth-order valence-corrected chi connectivity index (χ4v) is 2.25. The average Bonchev–Trinajstić information content (AvgIpc) is 2.50.